The quantitative estimate of drug-likeness (QED) is 0.530. The topological polar surface area (TPSA) is 91.4 Å². The number of benzene rings is 2. The highest BCUT2D eigenvalue weighted by Crippen LogP contribution is 2.33. The van der Waals surface area contributed by atoms with Crippen LogP contribution in [0.25, 0.3) is 0 Å². The van der Waals surface area contributed by atoms with E-state index in [1.54, 1.807) is 35.2 Å². The first kappa shape index (κ1) is 21.9. The highest BCUT2D eigenvalue weighted by atomic mass is 32.2. The summed E-state index contributed by atoms with van der Waals surface area (Å²) >= 11 is 0. The second-order valence-electron chi connectivity index (χ2n) is 6.88. The molecule has 162 valence electrons. The largest absolute Gasteiger partial charge is 0.497 e. The normalized spacial score (nSPS) is 13.6. The maximum absolute atomic E-state index is 12.7. The SMILES string of the molecule is COCC(=O)N(Cc1ccc(OC)c(OS(=O)(=O)c2ccc(OC)cc2)c1)C1CC1. The predicted molar refractivity (Wildman–Crippen MR) is 109 cm³/mol. The van der Waals surface area contributed by atoms with Crippen LogP contribution in [0.3, 0.4) is 0 Å². The lowest BCUT2D eigenvalue weighted by molar-refractivity contribution is -0.136. The van der Waals surface area contributed by atoms with Crippen molar-refractivity contribution in [2.45, 2.75) is 30.3 Å². The summed E-state index contributed by atoms with van der Waals surface area (Å²) in [7, 11) is 0.327. The van der Waals surface area contributed by atoms with Gasteiger partial charge in [-0.2, -0.15) is 8.42 Å². The fourth-order valence-electron chi connectivity index (χ4n) is 3.00. The third kappa shape index (κ3) is 5.22. The van der Waals surface area contributed by atoms with Crippen molar-refractivity contribution in [3.8, 4) is 17.2 Å². The van der Waals surface area contributed by atoms with E-state index in [0.717, 1.165) is 18.4 Å². The zero-order valence-corrected chi connectivity index (χ0v) is 18.0. The predicted octanol–water partition coefficient (Wildman–Crippen LogP) is 2.61. The number of methoxy groups -OCH3 is 3. The molecule has 0 bridgehead atoms. The fourth-order valence-corrected chi connectivity index (χ4v) is 3.94. The molecule has 3 rings (SSSR count). The number of carbonyl (C=O) groups is 1. The zero-order valence-electron chi connectivity index (χ0n) is 17.2. The van der Waals surface area contributed by atoms with Crippen LogP contribution in [0.15, 0.2) is 47.4 Å². The van der Waals surface area contributed by atoms with Crippen LogP contribution < -0.4 is 13.7 Å². The molecule has 8 nitrogen and oxygen atoms in total. The van der Waals surface area contributed by atoms with Crippen molar-refractivity contribution < 1.29 is 31.6 Å². The van der Waals surface area contributed by atoms with Crippen LogP contribution in [-0.2, 0) is 26.2 Å². The van der Waals surface area contributed by atoms with Crippen LogP contribution in [0.5, 0.6) is 17.2 Å². The molecule has 0 aromatic heterocycles. The van der Waals surface area contributed by atoms with Crippen molar-refractivity contribution >= 4 is 16.0 Å². The molecule has 1 amide bonds. The molecule has 1 aliphatic rings. The van der Waals surface area contributed by atoms with Crippen LogP contribution in [-0.4, -0.2) is 53.2 Å². The summed E-state index contributed by atoms with van der Waals surface area (Å²) in [6.45, 7) is 0.331. The molecule has 0 unspecified atom stereocenters. The second-order valence-corrected chi connectivity index (χ2v) is 8.43. The molecular weight excluding hydrogens is 410 g/mol. The van der Waals surface area contributed by atoms with Crippen molar-refractivity contribution in [1.29, 1.82) is 0 Å². The molecule has 9 heteroatoms. The minimum absolute atomic E-state index is 0.00185. The Morgan fingerprint density at radius 1 is 1.00 bits per heavy atom. The van der Waals surface area contributed by atoms with Crippen molar-refractivity contribution in [1.82, 2.24) is 4.90 Å². The van der Waals surface area contributed by atoms with Gasteiger partial charge in [-0.3, -0.25) is 4.79 Å². The number of ether oxygens (including phenoxy) is 3. The highest BCUT2D eigenvalue weighted by Gasteiger charge is 2.32. The van der Waals surface area contributed by atoms with Gasteiger partial charge in [0.15, 0.2) is 11.5 Å². The monoisotopic (exact) mass is 435 g/mol. The minimum atomic E-state index is -4.08. The van der Waals surface area contributed by atoms with Crippen molar-refractivity contribution in [3.05, 3.63) is 48.0 Å². The Kier molecular flexibility index (Phi) is 6.84. The third-order valence-corrected chi connectivity index (χ3v) is 5.95. The van der Waals surface area contributed by atoms with Crippen LogP contribution in [0.4, 0.5) is 0 Å². The summed E-state index contributed by atoms with van der Waals surface area (Å²) in [5.41, 5.74) is 0.729. The van der Waals surface area contributed by atoms with Crippen LogP contribution in [0.2, 0.25) is 0 Å². The average molecular weight is 435 g/mol. The van der Waals surface area contributed by atoms with E-state index in [1.807, 2.05) is 0 Å². The average Bonchev–Trinajstić information content (AvgIpc) is 3.57. The number of hydrogen-bond acceptors (Lipinski definition) is 7. The van der Waals surface area contributed by atoms with E-state index in [0.29, 0.717) is 12.3 Å². The van der Waals surface area contributed by atoms with Gasteiger partial charge >= 0.3 is 10.1 Å². The van der Waals surface area contributed by atoms with E-state index in [4.69, 9.17) is 18.4 Å². The van der Waals surface area contributed by atoms with Gasteiger partial charge in [-0.15, -0.1) is 0 Å². The summed E-state index contributed by atoms with van der Waals surface area (Å²) in [4.78, 5) is 14.1. The molecule has 2 aromatic carbocycles. The van der Waals surface area contributed by atoms with E-state index in [2.05, 4.69) is 0 Å². The first-order valence-corrected chi connectivity index (χ1v) is 10.8. The number of rotatable bonds is 10. The molecule has 1 saturated carbocycles. The molecule has 0 N–H and O–H groups in total. The van der Waals surface area contributed by atoms with E-state index in [1.165, 1.54) is 33.5 Å². The molecule has 2 aromatic rings. The van der Waals surface area contributed by atoms with Gasteiger partial charge in [-0.05, 0) is 54.8 Å². The highest BCUT2D eigenvalue weighted by molar-refractivity contribution is 7.87. The van der Waals surface area contributed by atoms with Gasteiger partial charge in [0.05, 0.1) is 14.2 Å². The smallest absolute Gasteiger partial charge is 0.339 e. The summed E-state index contributed by atoms with van der Waals surface area (Å²) in [6.07, 6.45) is 1.89. The van der Waals surface area contributed by atoms with Crippen LogP contribution in [0, 0.1) is 0 Å². The van der Waals surface area contributed by atoms with Crippen LogP contribution in [0.1, 0.15) is 18.4 Å². The Hall–Kier alpha value is -2.78. The molecule has 0 radical (unpaired) electrons. The standard InChI is InChI=1S/C21H25NO7S/c1-26-14-21(23)22(16-5-6-16)13-15-4-11-19(28-3)20(12-15)29-30(24,25)18-9-7-17(27-2)8-10-18/h4,7-12,16H,5-6,13-14H2,1-3H3. The van der Waals surface area contributed by atoms with E-state index < -0.39 is 10.1 Å². The third-order valence-electron chi connectivity index (χ3n) is 4.70. The van der Waals surface area contributed by atoms with Gasteiger partial charge in [0.1, 0.15) is 17.3 Å². The summed E-state index contributed by atoms with van der Waals surface area (Å²) in [5, 5.41) is 0. The van der Waals surface area contributed by atoms with Gasteiger partial charge in [-0.1, -0.05) is 6.07 Å². The molecule has 30 heavy (non-hydrogen) atoms. The molecule has 0 heterocycles. The Labute approximate surface area is 176 Å². The van der Waals surface area contributed by atoms with Gasteiger partial charge in [0, 0.05) is 19.7 Å². The van der Waals surface area contributed by atoms with Crippen molar-refractivity contribution in [3.63, 3.8) is 0 Å². The first-order valence-electron chi connectivity index (χ1n) is 9.42. The Morgan fingerprint density at radius 3 is 2.27 bits per heavy atom. The number of nitrogens with zero attached hydrogens (tertiary/aromatic N) is 1. The fraction of sp³-hybridized carbons (Fsp3) is 0.381. The van der Waals surface area contributed by atoms with Crippen molar-refractivity contribution in [2.75, 3.05) is 27.9 Å². The molecule has 0 atom stereocenters. The minimum Gasteiger partial charge on any atom is -0.497 e. The summed E-state index contributed by atoms with van der Waals surface area (Å²) in [5.74, 6) is 0.761. The number of carbonyl (C=O) groups excluding carboxylic acids is 1. The summed E-state index contributed by atoms with van der Waals surface area (Å²) in [6, 6.07) is 11.1. The van der Waals surface area contributed by atoms with Gasteiger partial charge in [-0.25, -0.2) is 0 Å². The van der Waals surface area contributed by atoms with E-state index in [-0.39, 0.29) is 35.0 Å². The Morgan fingerprint density at radius 2 is 1.70 bits per heavy atom. The number of amides is 1. The molecular formula is C21H25NO7S. The second kappa shape index (κ2) is 9.36. The Bertz CT molecular complexity index is 985. The van der Waals surface area contributed by atoms with Gasteiger partial charge in [0.25, 0.3) is 0 Å². The Balaban J connectivity index is 1.84. The number of hydrogen-bond donors (Lipinski definition) is 0. The molecule has 0 aliphatic heterocycles. The van der Waals surface area contributed by atoms with Gasteiger partial charge < -0.3 is 23.3 Å². The maximum Gasteiger partial charge on any atom is 0.339 e. The van der Waals surface area contributed by atoms with E-state index in [9.17, 15) is 13.2 Å². The lowest BCUT2D eigenvalue weighted by atomic mass is 10.2. The molecule has 0 saturated heterocycles. The lowest BCUT2D eigenvalue weighted by Crippen LogP contribution is -2.35. The van der Waals surface area contributed by atoms with Crippen molar-refractivity contribution in [2.24, 2.45) is 0 Å². The van der Waals surface area contributed by atoms with E-state index >= 15 is 0 Å². The van der Waals surface area contributed by atoms with Gasteiger partial charge in [0.2, 0.25) is 5.91 Å². The van der Waals surface area contributed by atoms with Crippen LogP contribution >= 0.6 is 0 Å². The maximum atomic E-state index is 12.7. The zero-order chi connectivity index (χ0) is 21.7. The molecule has 0 spiro atoms. The summed E-state index contributed by atoms with van der Waals surface area (Å²) < 4.78 is 46.1. The molecule has 1 aliphatic carbocycles. The molecule has 1 fully saturated rings. The lowest BCUT2D eigenvalue weighted by Gasteiger charge is -2.23. The first-order chi connectivity index (χ1) is 14.4.